The third kappa shape index (κ3) is 3.54. The lowest BCUT2D eigenvalue weighted by atomic mass is 10.0. The fourth-order valence-corrected chi connectivity index (χ4v) is 3.40. The summed E-state index contributed by atoms with van der Waals surface area (Å²) < 4.78 is 5.30. The summed E-state index contributed by atoms with van der Waals surface area (Å²) in [6, 6.07) is 14.1. The summed E-state index contributed by atoms with van der Waals surface area (Å²) in [5, 5.41) is 0. The number of methoxy groups -OCH3 is 1. The molecule has 1 fully saturated rings. The number of amides is 1. The lowest BCUT2D eigenvalue weighted by Gasteiger charge is -2.39. The second-order valence-electron chi connectivity index (χ2n) is 6.71. The maximum atomic E-state index is 13.0. The second-order valence-corrected chi connectivity index (χ2v) is 6.71. The number of carbonyl (C=O) groups is 1. The van der Waals surface area contributed by atoms with Gasteiger partial charge < -0.3 is 9.64 Å². The average molecular weight is 338 g/mol. The summed E-state index contributed by atoms with van der Waals surface area (Å²) in [7, 11) is 1.67. The molecule has 0 aliphatic carbocycles. The van der Waals surface area contributed by atoms with Gasteiger partial charge in [0.25, 0.3) is 0 Å². The predicted molar refractivity (Wildman–Crippen MR) is 101 cm³/mol. The van der Waals surface area contributed by atoms with Crippen LogP contribution in [0.5, 0.6) is 5.75 Å². The lowest BCUT2D eigenvalue weighted by molar-refractivity contribution is -0.125. The SMILES string of the molecule is COc1cccc(CN2CCN(c3cccc(C)c3C)C(=O)C2C)c1. The van der Waals surface area contributed by atoms with Crippen LogP contribution in [0.15, 0.2) is 42.5 Å². The molecule has 0 N–H and O–H groups in total. The van der Waals surface area contributed by atoms with Crippen LogP contribution in [0.3, 0.4) is 0 Å². The van der Waals surface area contributed by atoms with Crippen LogP contribution in [0.4, 0.5) is 5.69 Å². The molecule has 1 aliphatic rings. The Hall–Kier alpha value is -2.33. The molecule has 1 unspecified atom stereocenters. The first-order valence-electron chi connectivity index (χ1n) is 8.76. The van der Waals surface area contributed by atoms with E-state index in [1.54, 1.807) is 7.11 Å². The summed E-state index contributed by atoms with van der Waals surface area (Å²) in [6.45, 7) is 8.51. The zero-order valence-corrected chi connectivity index (χ0v) is 15.5. The van der Waals surface area contributed by atoms with Crippen molar-refractivity contribution in [1.29, 1.82) is 0 Å². The number of hydrogen-bond donors (Lipinski definition) is 0. The van der Waals surface area contributed by atoms with Gasteiger partial charge in [0.05, 0.1) is 13.2 Å². The van der Waals surface area contributed by atoms with E-state index in [2.05, 4.69) is 30.9 Å². The first-order chi connectivity index (χ1) is 12.0. The molecule has 4 nitrogen and oxygen atoms in total. The Morgan fingerprint density at radius 3 is 2.64 bits per heavy atom. The summed E-state index contributed by atoms with van der Waals surface area (Å²) in [5.41, 5.74) is 4.61. The molecular formula is C21H26N2O2. The van der Waals surface area contributed by atoms with Gasteiger partial charge >= 0.3 is 0 Å². The fourth-order valence-electron chi connectivity index (χ4n) is 3.40. The van der Waals surface area contributed by atoms with E-state index in [1.807, 2.05) is 42.2 Å². The summed E-state index contributed by atoms with van der Waals surface area (Å²) in [6.07, 6.45) is 0. The van der Waals surface area contributed by atoms with Gasteiger partial charge in [0.15, 0.2) is 0 Å². The fraction of sp³-hybridized carbons (Fsp3) is 0.381. The molecule has 0 spiro atoms. The van der Waals surface area contributed by atoms with Gasteiger partial charge in [0.1, 0.15) is 5.75 Å². The summed E-state index contributed by atoms with van der Waals surface area (Å²) in [5.74, 6) is 1.02. The Labute approximate surface area is 150 Å². The van der Waals surface area contributed by atoms with Crippen LogP contribution in [-0.2, 0) is 11.3 Å². The molecule has 4 heteroatoms. The molecule has 2 aromatic carbocycles. The van der Waals surface area contributed by atoms with Crippen LogP contribution < -0.4 is 9.64 Å². The molecule has 3 rings (SSSR count). The van der Waals surface area contributed by atoms with Crippen LogP contribution in [0, 0.1) is 13.8 Å². The predicted octanol–water partition coefficient (Wildman–Crippen LogP) is 3.55. The first kappa shape index (κ1) is 17.5. The molecule has 1 aliphatic heterocycles. The van der Waals surface area contributed by atoms with Crippen molar-refractivity contribution in [1.82, 2.24) is 4.90 Å². The van der Waals surface area contributed by atoms with E-state index in [4.69, 9.17) is 4.74 Å². The zero-order valence-electron chi connectivity index (χ0n) is 15.5. The molecule has 0 saturated carbocycles. The van der Waals surface area contributed by atoms with Crippen molar-refractivity contribution in [2.75, 3.05) is 25.1 Å². The highest BCUT2D eigenvalue weighted by molar-refractivity contribution is 5.98. The van der Waals surface area contributed by atoms with Crippen molar-refractivity contribution in [2.45, 2.75) is 33.4 Å². The molecule has 132 valence electrons. The van der Waals surface area contributed by atoms with Gasteiger partial charge in [-0.25, -0.2) is 0 Å². The van der Waals surface area contributed by atoms with Gasteiger partial charge in [-0.15, -0.1) is 0 Å². The largest absolute Gasteiger partial charge is 0.497 e. The van der Waals surface area contributed by atoms with Gasteiger partial charge in [0.2, 0.25) is 5.91 Å². The number of hydrogen-bond acceptors (Lipinski definition) is 3. The molecule has 1 heterocycles. The number of ether oxygens (including phenoxy) is 1. The van der Waals surface area contributed by atoms with Crippen molar-refractivity contribution >= 4 is 11.6 Å². The highest BCUT2D eigenvalue weighted by atomic mass is 16.5. The molecular weight excluding hydrogens is 312 g/mol. The minimum atomic E-state index is -0.139. The standard InChI is InChI=1S/C21H26N2O2/c1-15-7-5-10-20(16(15)2)23-12-11-22(17(3)21(23)24)14-18-8-6-9-19(13-18)25-4/h5-10,13,17H,11-12,14H2,1-4H3. The van der Waals surface area contributed by atoms with Crippen molar-refractivity contribution in [3.63, 3.8) is 0 Å². The quantitative estimate of drug-likeness (QED) is 0.855. The monoisotopic (exact) mass is 338 g/mol. The van der Waals surface area contributed by atoms with E-state index < -0.39 is 0 Å². The van der Waals surface area contributed by atoms with Crippen molar-refractivity contribution in [2.24, 2.45) is 0 Å². The van der Waals surface area contributed by atoms with Crippen molar-refractivity contribution in [3.05, 3.63) is 59.2 Å². The van der Waals surface area contributed by atoms with E-state index in [0.717, 1.165) is 31.1 Å². The number of rotatable bonds is 4. The molecule has 1 amide bonds. The van der Waals surface area contributed by atoms with Gasteiger partial charge in [-0.2, -0.15) is 0 Å². The minimum Gasteiger partial charge on any atom is -0.497 e. The van der Waals surface area contributed by atoms with Crippen LogP contribution in [0.25, 0.3) is 0 Å². The number of carbonyl (C=O) groups excluding carboxylic acids is 1. The minimum absolute atomic E-state index is 0.139. The Morgan fingerprint density at radius 1 is 1.12 bits per heavy atom. The topological polar surface area (TPSA) is 32.8 Å². The maximum Gasteiger partial charge on any atom is 0.244 e. The average Bonchev–Trinajstić information content (AvgIpc) is 2.62. The van der Waals surface area contributed by atoms with Crippen molar-refractivity contribution in [3.8, 4) is 5.75 Å². The van der Waals surface area contributed by atoms with Crippen molar-refractivity contribution < 1.29 is 9.53 Å². The Bertz CT molecular complexity index is 772. The molecule has 25 heavy (non-hydrogen) atoms. The van der Waals surface area contributed by atoms with Crippen LogP contribution in [0.1, 0.15) is 23.6 Å². The number of benzene rings is 2. The number of aryl methyl sites for hydroxylation is 1. The Kier molecular flexibility index (Phi) is 5.09. The summed E-state index contributed by atoms with van der Waals surface area (Å²) in [4.78, 5) is 17.1. The molecule has 2 aromatic rings. The third-order valence-corrected chi connectivity index (χ3v) is 5.17. The summed E-state index contributed by atoms with van der Waals surface area (Å²) >= 11 is 0. The maximum absolute atomic E-state index is 13.0. The number of piperazine rings is 1. The third-order valence-electron chi connectivity index (χ3n) is 5.17. The zero-order chi connectivity index (χ0) is 18.0. The van der Waals surface area contributed by atoms with Gasteiger partial charge in [-0.05, 0) is 55.7 Å². The molecule has 1 atom stereocenters. The smallest absolute Gasteiger partial charge is 0.244 e. The van der Waals surface area contributed by atoms with E-state index in [-0.39, 0.29) is 11.9 Å². The van der Waals surface area contributed by atoms with Crippen LogP contribution >= 0.6 is 0 Å². The molecule has 0 aromatic heterocycles. The number of anilines is 1. The normalized spacial score (nSPS) is 18.5. The van der Waals surface area contributed by atoms with E-state index in [9.17, 15) is 4.79 Å². The van der Waals surface area contributed by atoms with Gasteiger partial charge in [-0.1, -0.05) is 24.3 Å². The van der Waals surface area contributed by atoms with E-state index >= 15 is 0 Å². The number of nitrogens with zero attached hydrogens (tertiary/aromatic N) is 2. The Morgan fingerprint density at radius 2 is 1.88 bits per heavy atom. The molecule has 1 saturated heterocycles. The van der Waals surface area contributed by atoms with E-state index in [0.29, 0.717) is 0 Å². The van der Waals surface area contributed by atoms with Gasteiger partial charge in [-0.3, -0.25) is 9.69 Å². The van der Waals surface area contributed by atoms with Crippen LogP contribution in [0.2, 0.25) is 0 Å². The highest BCUT2D eigenvalue weighted by Crippen LogP contribution is 2.27. The van der Waals surface area contributed by atoms with Gasteiger partial charge in [0, 0.05) is 25.3 Å². The first-order valence-corrected chi connectivity index (χ1v) is 8.76. The molecule has 0 bridgehead atoms. The highest BCUT2D eigenvalue weighted by Gasteiger charge is 2.32. The second kappa shape index (κ2) is 7.28. The Balaban J connectivity index is 1.76. The lowest BCUT2D eigenvalue weighted by Crippen LogP contribution is -2.55. The molecule has 0 radical (unpaired) electrons. The van der Waals surface area contributed by atoms with E-state index in [1.165, 1.54) is 16.7 Å². The van der Waals surface area contributed by atoms with Crippen LogP contribution in [-0.4, -0.2) is 37.0 Å².